The summed E-state index contributed by atoms with van der Waals surface area (Å²) in [7, 11) is 2.14. The van der Waals surface area contributed by atoms with Crippen molar-refractivity contribution < 1.29 is 4.79 Å². The predicted molar refractivity (Wildman–Crippen MR) is 110 cm³/mol. The van der Waals surface area contributed by atoms with Gasteiger partial charge in [0.15, 0.2) is 0 Å². The number of hydrogen-bond acceptors (Lipinski definition) is 7. The average molecular weight is 405 g/mol. The molecule has 0 spiro atoms. The van der Waals surface area contributed by atoms with Crippen LogP contribution in [0.5, 0.6) is 0 Å². The summed E-state index contributed by atoms with van der Waals surface area (Å²) in [5.41, 5.74) is 0. The van der Waals surface area contributed by atoms with E-state index in [0.29, 0.717) is 11.9 Å². The lowest BCUT2D eigenvalue weighted by Gasteiger charge is -2.43. The summed E-state index contributed by atoms with van der Waals surface area (Å²) in [6, 6.07) is 0.647. The monoisotopic (exact) mass is 404 g/mol. The van der Waals surface area contributed by atoms with Crippen molar-refractivity contribution in [3.8, 4) is 0 Å². The normalized spacial score (nSPS) is 26.1. The Hall–Kier alpha value is -1.58. The number of hydrogen-bond donors (Lipinski definition) is 0. The molecule has 0 N–H and O–H groups in total. The van der Waals surface area contributed by atoms with Gasteiger partial charge in [-0.3, -0.25) is 9.69 Å². The van der Waals surface area contributed by atoms with Crippen molar-refractivity contribution >= 4 is 5.91 Å². The Morgan fingerprint density at radius 1 is 1.00 bits per heavy atom. The number of aryl methyl sites for hydroxylation is 1. The molecule has 4 heterocycles. The molecule has 0 aromatic carbocycles. The van der Waals surface area contributed by atoms with Crippen LogP contribution in [0.15, 0.2) is 6.33 Å². The topological polar surface area (TPSA) is 73.6 Å². The largest absolute Gasteiger partial charge is 0.340 e. The standard InChI is InChI=1S/C20H36N8O/c1-24-12-14-26(15-13-24)20(29)18-4-2-8-27(16-18)19-5-10-25(11-6-19)7-3-9-28-17-21-22-23-28/h17-19H,2-16H2,1H3. The minimum atomic E-state index is 0.210. The fourth-order valence-electron chi connectivity index (χ4n) is 5.07. The Balaban J connectivity index is 1.19. The Morgan fingerprint density at radius 2 is 1.79 bits per heavy atom. The molecule has 0 saturated carbocycles. The molecule has 3 saturated heterocycles. The van der Waals surface area contributed by atoms with E-state index in [1.54, 1.807) is 11.0 Å². The van der Waals surface area contributed by atoms with E-state index in [1.165, 1.54) is 12.8 Å². The molecule has 0 radical (unpaired) electrons. The third-order valence-corrected chi connectivity index (χ3v) is 6.94. The number of nitrogens with zero attached hydrogens (tertiary/aromatic N) is 8. The maximum absolute atomic E-state index is 13.0. The SMILES string of the molecule is CN1CCN(C(=O)C2CCCN(C3CCN(CCCn4cnnn4)CC3)C2)CC1. The van der Waals surface area contributed by atoms with Crippen LogP contribution in [0.4, 0.5) is 0 Å². The molecule has 3 aliphatic rings. The van der Waals surface area contributed by atoms with Gasteiger partial charge < -0.3 is 14.7 Å². The van der Waals surface area contributed by atoms with Gasteiger partial charge in [-0.15, -0.1) is 5.10 Å². The Kier molecular flexibility index (Phi) is 7.10. The van der Waals surface area contributed by atoms with Crippen LogP contribution in [0.1, 0.15) is 32.1 Å². The molecule has 0 aliphatic carbocycles. The summed E-state index contributed by atoms with van der Waals surface area (Å²) >= 11 is 0. The molecule has 162 valence electrons. The van der Waals surface area contributed by atoms with Gasteiger partial charge in [0, 0.05) is 45.3 Å². The Labute approximate surface area is 174 Å². The minimum Gasteiger partial charge on any atom is -0.340 e. The molecule has 1 aromatic heterocycles. The van der Waals surface area contributed by atoms with Crippen LogP contribution >= 0.6 is 0 Å². The first-order chi connectivity index (χ1) is 14.2. The molecule has 1 amide bonds. The van der Waals surface area contributed by atoms with E-state index in [2.05, 4.69) is 42.2 Å². The number of amides is 1. The van der Waals surface area contributed by atoms with Crippen molar-refractivity contribution in [3.63, 3.8) is 0 Å². The third kappa shape index (κ3) is 5.52. The van der Waals surface area contributed by atoms with Crippen LogP contribution < -0.4 is 0 Å². The number of likely N-dealkylation sites (tertiary alicyclic amines) is 2. The highest BCUT2D eigenvalue weighted by Crippen LogP contribution is 2.25. The lowest BCUT2D eigenvalue weighted by molar-refractivity contribution is -0.139. The summed E-state index contributed by atoms with van der Waals surface area (Å²) in [6.07, 6.45) is 7.44. The molecule has 1 aromatic rings. The zero-order valence-corrected chi connectivity index (χ0v) is 17.8. The van der Waals surface area contributed by atoms with E-state index in [4.69, 9.17) is 0 Å². The average Bonchev–Trinajstić information content (AvgIpc) is 3.28. The van der Waals surface area contributed by atoms with Gasteiger partial charge in [0.1, 0.15) is 6.33 Å². The fraction of sp³-hybridized carbons (Fsp3) is 0.900. The molecule has 3 aliphatic heterocycles. The van der Waals surface area contributed by atoms with Gasteiger partial charge in [-0.25, -0.2) is 4.68 Å². The van der Waals surface area contributed by atoms with E-state index in [0.717, 1.165) is 84.7 Å². The molecular weight excluding hydrogens is 368 g/mol. The number of likely N-dealkylation sites (N-methyl/N-ethyl adjacent to an activating group) is 1. The van der Waals surface area contributed by atoms with Crippen LogP contribution in [0.2, 0.25) is 0 Å². The Morgan fingerprint density at radius 3 is 2.52 bits per heavy atom. The lowest BCUT2D eigenvalue weighted by Crippen LogP contribution is -2.54. The lowest BCUT2D eigenvalue weighted by atomic mass is 9.92. The third-order valence-electron chi connectivity index (χ3n) is 6.94. The number of carbonyl (C=O) groups excluding carboxylic acids is 1. The van der Waals surface area contributed by atoms with Crippen molar-refractivity contribution in [3.05, 3.63) is 6.33 Å². The highest BCUT2D eigenvalue weighted by atomic mass is 16.2. The van der Waals surface area contributed by atoms with Gasteiger partial charge in [0.2, 0.25) is 5.91 Å². The number of rotatable bonds is 6. The molecular formula is C20H36N8O. The second-order valence-electron chi connectivity index (χ2n) is 8.96. The number of aromatic nitrogens is 4. The number of carbonyl (C=O) groups is 1. The van der Waals surface area contributed by atoms with Crippen molar-refractivity contribution in [1.29, 1.82) is 0 Å². The highest BCUT2D eigenvalue weighted by Gasteiger charge is 2.34. The second kappa shape index (κ2) is 9.95. The van der Waals surface area contributed by atoms with E-state index in [-0.39, 0.29) is 5.92 Å². The van der Waals surface area contributed by atoms with E-state index in [1.807, 2.05) is 0 Å². The quantitative estimate of drug-likeness (QED) is 0.661. The maximum atomic E-state index is 13.0. The first kappa shape index (κ1) is 20.7. The van der Waals surface area contributed by atoms with Crippen LogP contribution in [0.3, 0.4) is 0 Å². The van der Waals surface area contributed by atoms with E-state index in [9.17, 15) is 4.79 Å². The van der Waals surface area contributed by atoms with Gasteiger partial charge in [0.05, 0.1) is 5.92 Å². The first-order valence-corrected chi connectivity index (χ1v) is 11.3. The molecule has 29 heavy (non-hydrogen) atoms. The summed E-state index contributed by atoms with van der Waals surface area (Å²) in [6.45, 7) is 10.3. The molecule has 9 nitrogen and oxygen atoms in total. The van der Waals surface area contributed by atoms with Crippen LogP contribution in [-0.4, -0.2) is 118 Å². The fourth-order valence-corrected chi connectivity index (χ4v) is 5.07. The molecule has 3 fully saturated rings. The first-order valence-electron chi connectivity index (χ1n) is 11.3. The van der Waals surface area contributed by atoms with Crippen LogP contribution in [-0.2, 0) is 11.3 Å². The molecule has 1 unspecified atom stereocenters. The van der Waals surface area contributed by atoms with Gasteiger partial charge >= 0.3 is 0 Å². The molecule has 4 rings (SSSR count). The number of tetrazole rings is 1. The summed E-state index contributed by atoms with van der Waals surface area (Å²) in [4.78, 5) is 22.6. The Bertz CT molecular complexity index is 622. The highest BCUT2D eigenvalue weighted by molar-refractivity contribution is 5.79. The summed E-state index contributed by atoms with van der Waals surface area (Å²) < 4.78 is 1.80. The van der Waals surface area contributed by atoms with Gasteiger partial charge in [0.25, 0.3) is 0 Å². The van der Waals surface area contributed by atoms with Crippen molar-refractivity contribution in [2.45, 2.75) is 44.7 Å². The van der Waals surface area contributed by atoms with Crippen molar-refractivity contribution in [1.82, 2.24) is 39.8 Å². The van der Waals surface area contributed by atoms with E-state index >= 15 is 0 Å². The van der Waals surface area contributed by atoms with Gasteiger partial charge in [-0.1, -0.05) is 0 Å². The van der Waals surface area contributed by atoms with Crippen molar-refractivity contribution in [2.24, 2.45) is 5.92 Å². The summed E-state index contributed by atoms with van der Waals surface area (Å²) in [5, 5.41) is 11.3. The van der Waals surface area contributed by atoms with Crippen LogP contribution in [0.25, 0.3) is 0 Å². The van der Waals surface area contributed by atoms with Crippen molar-refractivity contribution in [2.75, 3.05) is 66.0 Å². The zero-order valence-electron chi connectivity index (χ0n) is 17.8. The second-order valence-corrected chi connectivity index (χ2v) is 8.96. The number of piperidine rings is 2. The summed E-state index contributed by atoms with van der Waals surface area (Å²) in [5.74, 6) is 0.615. The van der Waals surface area contributed by atoms with E-state index < -0.39 is 0 Å². The smallest absolute Gasteiger partial charge is 0.227 e. The minimum absolute atomic E-state index is 0.210. The maximum Gasteiger partial charge on any atom is 0.227 e. The molecule has 0 bridgehead atoms. The predicted octanol–water partition coefficient (Wildman–Crippen LogP) is 0.0136. The van der Waals surface area contributed by atoms with Gasteiger partial charge in [-0.05, 0) is 75.8 Å². The molecule has 9 heteroatoms. The van der Waals surface area contributed by atoms with Crippen LogP contribution in [0, 0.1) is 5.92 Å². The number of piperazine rings is 1. The molecule has 1 atom stereocenters. The zero-order chi connectivity index (χ0) is 20.1. The van der Waals surface area contributed by atoms with Gasteiger partial charge in [-0.2, -0.15) is 0 Å².